The molecule has 0 aliphatic carbocycles. The van der Waals surface area contributed by atoms with E-state index < -0.39 is 0 Å². The van der Waals surface area contributed by atoms with Crippen LogP contribution in [-0.4, -0.2) is 56.7 Å². The third kappa shape index (κ3) is 3.74. The number of nitrogens with zero attached hydrogens (tertiary/aromatic N) is 6. The van der Waals surface area contributed by atoms with Gasteiger partial charge in [0.1, 0.15) is 18.5 Å². The molecule has 1 aliphatic rings. The highest BCUT2D eigenvalue weighted by Crippen LogP contribution is 2.27. The summed E-state index contributed by atoms with van der Waals surface area (Å²) in [5.74, 6) is 0.429. The van der Waals surface area contributed by atoms with E-state index in [-0.39, 0.29) is 12.5 Å². The highest BCUT2D eigenvalue weighted by molar-refractivity contribution is 6.31. The molecule has 5 rings (SSSR count). The molecule has 4 aromatic rings. The summed E-state index contributed by atoms with van der Waals surface area (Å²) in [6.45, 7) is 4.93. The van der Waals surface area contributed by atoms with E-state index >= 15 is 0 Å². The monoisotopic (exact) mass is 436 g/mol. The highest BCUT2D eigenvalue weighted by Gasteiger charge is 2.25. The van der Waals surface area contributed by atoms with E-state index in [1.54, 1.807) is 17.1 Å². The molecule has 8 nitrogen and oxygen atoms in total. The number of aryl methyl sites for hydroxylation is 1. The fraction of sp³-hybridized carbons (Fsp3) is 0.273. The molecule has 31 heavy (non-hydrogen) atoms. The highest BCUT2D eigenvalue weighted by atomic mass is 35.5. The first-order valence-corrected chi connectivity index (χ1v) is 10.5. The van der Waals surface area contributed by atoms with Crippen LogP contribution in [0.15, 0.2) is 53.4 Å². The summed E-state index contributed by atoms with van der Waals surface area (Å²) < 4.78 is 7.13. The number of carbonyl (C=O) groups is 1. The van der Waals surface area contributed by atoms with Gasteiger partial charge in [-0.25, -0.2) is 14.6 Å². The summed E-state index contributed by atoms with van der Waals surface area (Å²) in [7, 11) is 0. The van der Waals surface area contributed by atoms with Crippen LogP contribution in [0.25, 0.3) is 22.6 Å². The van der Waals surface area contributed by atoms with Crippen LogP contribution in [0.4, 0.5) is 5.69 Å². The lowest BCUT2D eigenvalue weighted by molar-refractivity contribution is -0.132. The van der Waals surface area contributed by atoms with Gasteiger partial charge in [0.25, 0.3) is 0 Å². The second-order valence-corrected chi connectivity index (χ2v) is 7.93. The Labute approximate surface area is 184 Å². The Morgan fingerprint density at radius 1 is 1.13 bits per heavy atom. The number of halogens is 1. The van der Waals surface area contributed by atoms with Gasteiger partial charge in [0, 0.05) is 43.1 Å². The van der Waals surface area contributed by atoms with Gasteiger partial charge in [0.15, 0.2) is 5.65 Å². The molecule has 3 aromatic heterocycles. The maximum absolute atomic E-state index is 13.1. The Morgan fingerprint density at radius 3 is 2.71 bits per heavy atom. The number of pyridine rings is 1. The molecular weight excluding hydrogens is 416 g/mol. The van der Waals surface area contributed by atoms with Gasteiger partial charge >= 0.3 is 0 Å². The van der Waals surface area contributed by atoms with Crippen LogP contribution in [0.2, 0.25) is 5.02 Å². The number of anilines is 1. The van der Waals surface area contributed by atoms with Crippen LogP contribution in [0.1, 0.15) is 5.56 Å². The maximum Gasteiger partial charge on any atom is 0.245 e. The second kappa shape index (κ2) is 8.03. The van der Waals surface area contributed by atoms with E-state index in [0.717, 1.165) is 34.7 Å². The molecule has 1 amide bonds. The number of hydrogen-bond acceptors (Lipinski definition) is 6. The zero-order valence-corrected chi connectivity index (χ0v) is 17.8. The fourth-order valence-corrected chi connectivity index (χ4v) is 4.03. The molecule has 0 bridgehead atoms. The second-order valence-electron chi connectivity index (χ2n) is 7.52. The standard InChI is InChI=1S/C22H21ClN6O2/c1-15-13-16(4-5-18(15)23)27-8-10-28(11-9-27)19(30)14-29-20(22-25-7-12-31-22)17-3-2-6-24-21(17)26-29/h2-7,12-13H,8-11,14H2,1H3. The van der Waals surface area contributed by atoms with Crippen LogP contribution in [0, 0.1) is 6.92 Å². The number of aromatic nitrogens is 4. The number of fused-ring (bicyclic) bond motifs is 1. The van der Waals surface area contributed by atoms with Crippen LogP contribution >= 0.6 is 11.6 Å². The van der Waals surface area contributed by atoms with Crippen molar-refractivity contribution in [2.24, 2.45) is 0 Å². The summed E-state index contributed by atoms with van der Waals surface area (Å²) in [6.07, 6.45) is 4.77. The normalized spacial score (nSPS) is 14.4. The Balaban J connectivity index is 1.32. The number of carbonyl (C=O) groups excluding carboxylic acids is 1. The van der Waals surface area contributed by atoms with Crippen molar-refractivity contribution in [3.8, 4) is 11.6 Å². The van der Waals surface area contributed by atoms with Crippen molar-refractivity contribution in [2.75, 3.05) is 31.1 Å². The molecule has 0 saturated carbocycles. The molecule has 9 heteroatoms. The molecule has 0 atom stereocenters. The van der Waals surface area contributed by atoms with E-state index in [0.29, 0.717) is 30.3 Å². The van der Waals surface area contributed by atoms with Gasteiger partial charge in [-0.2, -0.15) is 5.10 Å². The van der Waals surface area contributed by atoms with Gasteiger partial charge in [0.2, 0.25) is 11.8 Å². The summed E-state index contributed by atoms with van der Waals surface area (Å²) >= 11 is 6.15. The van der Waals surface area contributed by atoms with E-state index in [9.17, 15) is 4.79 Å². The van der Waals surface area contributed by atoms with Gasteiger partial charge in [-0.15, -0.1) is 0 Å². The van der Waals surface area contributed by atoms with Gasteiger partial charge < -0.3 is 14.2 Å². The topological polar surface area (TPSA) is 80.3 Å². The van der Waals surface area contributed by atoms with Crippen molar-refractivity contribution >= 4 is 34.2 Å². The zero-order valence-electron chi connectivity index (χ0n) is 17.0. The van der Waals surface area contributed by atoms with Gasteiger partial charge in [-0.3, -0.25) is 4.79 Å². The molecular formula is C22H21ClN6O2. The first kappa shape index (κ1) is 19.6. The summed E-state index contributed by atoms with van der Waals surface area (Å²) in [4.78, 5) is 25.8. The van der Waals surface area contributed by atoms with Gasteiger partial charge in [-0.05, 0) is 42.8 Å². The minimum Gasteiger partial charge on any atom is -0.443 e. The third-order valence-corrected chi connectivity index (χ3v) is 6.00. The van der Waals surface area contributed by atoms with Crippen LogP contribution < -0.4 is 4.90 Å². The molecule has 1 saturated heterocycles. The molecule has 0 unspecified atom stereocenters. The Bertz CT molecular complexity index is 1230. The lowest BCUT2D eigenvalue weighted by Gasteiger charge is -2.36. The predicted molar refractivity (Wildman–Crippen MR) is 118 cm³/mol. The summed E-state index contributed by atoms with van der Waals surface area (Å²) in [6, 6.07) is 9.77. The minimum atomic E-state index is 0.00699. The van der Waals surface area contributed by atoms with E-state index in [2.05, 4.69) is 26.0 Å². The summed E-state index contributed by atoms with van der Waals surface area (Å²) in [5, 5.41) is 6.09. The minimum absolute atomic E-state index is 0.00699. The van der Waals surface area contributed by atoms with Crippen molar-refractivity contribution in [1.29, 1.82) is 0 Å². The van der Waals surface area contributed by atoms with Gasteiger partial charge in [-0.1, -0.05) is 11.6 Å². The number of benzene rings is 1. The van der Waals surface area contributed by atoms with Crippen LogP contribution in [-0.2, 0) is 11.3 Å². The number of hydrogen-bond donors (Lipinski definition) is 0. The lowest BCUT2D eigenvalue weighted by Crippen LogP contribution is -2.49. The first-order valence-electron chi connectivity index (χ1n) is 10.1. The van der Waals surface area contributed by atoms with Crippen molar-refractivity contribution in [3.63, 3.8) is 0 Å². The van der Waals surface area contributed by atoms with E-state index in [1.165, 1.54) is 6.26 Å². The maximum atomic E-state index is 13.1. The average molecular weight is 437 g/mol. The molecule has 4 heterocycles. The third-order valence-electron chi connectivity index (χ3n) is 5.57. The number of piperazine rings is 1. The van der Waals surface area contributed by atoms with E-state index in [4.69, 9.17) is 16.0 Å². The number of rotatable bonds is 4. The Hall–Kier alpha value is -3.39. The van der Waals surface area contributed by atoms with Gasteiger partial charge in [0.05, 0.1) is 11.6 Å². The first-order chi connectivity index (χ1) is 15.1. The van der Waals surface area contributed by atoms with Crippen molar-refractivity contribution in [2.45, 2.75) is 13.5 Å². The predicted octanol–water partition coefficient (Wildman–Crippen LogP) is 3.40. The lowest BCUT2D eigenvalue weighted by atomic mass is 10.2. The summed E-state index contributed by atoms with van der Waals surface area (Å²) in [5.41, 5.74) is 3.41. The molecule has 158 valence electrons. The quantitative estimate of drug-likeness (QED) is 0.487. The van der Waals surface area contributed by atoms with Crippen molar-refractivity contribution < 1.29 is 9.21 Å². The molecule has 0 N–H and O–H groups in total. The van der Waals surface area contributed by atoms with Crippen LogP contribution in [0.3, 0.4) is 0 Å². The average Bonchev–Trinajstić information content (AvgIpc) is 3.43. The molecule has 1 aromatic carbocycles. The van der Waals surface area contributed by atoms with E-state index in [1.807, 2.05) is 36.1 Å². The fourth-order valence-electron chi connectivity index (χ4n) is 3.91. The zero-order chi connectivity index (χ0) is 21.4. The SMILES string of the molecule is Cc1cc(N2CCN(C(=O)Cn3nc4ncccc4c3-c3ncco3)CC2)ccc1Cl. The molecule has 1 fully saturated rings. The molecule has 0 radical (unpaired) electrons. The Morgan fingerprint density at radius 2 is 1.97 bits per heavy atom. The van der Waals surface area contributed by atoms with Crippen molar-refractivity contribution in [3.05, 3.63) is 59.6 Å². The van der Waals surface area contributed by atoms with Crippen molar-refractivity contribution in [1.82, 2.24) is 24.6 Å². The number of oxazole rings is 1. The molecule has 1 aliphatic heterocycles. The number of amides is 1. The largest absolute Gasteiger partial charge is 0.443 e. The van der Waals surface area contributed by atoms with Crippen LogP contribution in [0.5, 0.6) is 0 Å². The molecule has 0 spiro atoms. The smallest absolute Gasteiger partial charge is 0.245 e. The Kier molecular flexibility index (Phi) is 5.07.